The van der Waals surface area contributed by atoms with Gasteiger partial charge in [-0.2, -0.15) is 4.31 Å². The summed E-state index contributed by atoms with van der Waals surface area (Å²) in [5, 5.41) is 2.74. The second kappa shape index (κ2) is 7.78. The van der Waals surface area contributed by atoms with Crippen LogP contribution in [0.25, 0.3) is 0 Å². The Morgan fingerprint density at radius 1 is 1.15 bits per heavy atom. The molecule has 1 amide bonds. The second-order valence-electron chi connectivity index (χ2n) is 6.97. The van der Waals surface area contributed by atoms with Crippen LogP contribution in [0.3, 0.4) is 0 Å². The summed E-state index contributed by atoms with van der Waals surface area (Å²) in [5.41, 5.74) is 2.07. The Morgan fingerprint density at radius 2 is 1.85 bits per heavy atom. The van der Waals surface area contributed by atoms with Gasteiger partial charge in [0.25, 0.3) is 0 Å². The van der Waals surface area contributed by atoms with Crippen molar-refractivity contribution in [3.63, 3.8) is 0 Å². The number of rotatable bonds is 4. The van der Waals surface area contributed by atoms with Crippen molar-refractivity contribution in [2.24, 2.45) is 5.92 Å². The number of nitrogens with one attached hydrogen (secondary N) is 1. The quantitative estimate of drug-likeness (QED) is 0.869. The van der Waals surface area contributed by atoms with Gasteiger partial charge in [0.2, 0.25) is 15.9 Å². The van der Waals surface area contributed by atoms with E-state index in [0.717, 1.165) is 5.56 Å². The number of hydrogen-bond donors (Lipinski definition) is 1. The monoisotopic (exact) mass is 390 g/mol. The van der Waals surface area contributed by atoms with Crippen LogP contribution in [0, 0.1) is 25.6 Å². The average Bonchev–Trinajstić information content (AvgIpc) is 2.65. The molecule has 7 heteroatoms. The number of carbonyl (C=O) groups excluding carboxylic acids is 1. The van der Waals surface area contributed by atoms with Gasteiger partial charge in [-0.05, 0) is 68.1 Å². The molecule has 0 radical (unpaired) electrons. The van der Waals surface area contributed by atoms with Gasteiger partial charge in [-0.15, -0.1) is 0 Å². The fourth-order valence-corrected chi connectivity index (χ4v) is 5.11. The van der Waals surface area contributed by atoms with E-state index in [1.807, 2.05) is 13.0 Å². The van der Waals surface area contributed by atoms with Crippen molar-refractivity contribution in [2.45, 2.75) is 31.6 Å². The maximum atomic E-state index is 13.1. The number of benzene rings is 2. The first kappa shape index (κ1) is 19.5. The molecule has 0 unspecified atom stereocenters. The zero-order chi connectivity index (χ0) is 19.6. The minimum Gasteiger partial charge on any atom is -0.326 e. The highest BCUT2D eigenvalue weighted by atomic mass is 32.2. The molecule has 3 rings (SSSR count). The minimum atomic E-state index is -3.66. The number of nitrogens with zero attached hydrogens (tertiary/aromatic N) is 1. The molecule has 1 saturated heterocycles. The highest BCUT2D eigenvalue weighted by molar-refractivity contribution is 7.89. The van der Waals surface area contributed by atoms with Crippen LogP contribution in [-0.4, -0.2) is 31.7 Å². The molecule has 0 spiro atoms. The van der Waals surface area contributed by atoms with Crippen molar-refractivity contribution in [3.8, 4) is 0 Å². The van der Waals surface area contributed by atoms with Crippen LogP contribution in [0.5, 0.6) is 0 Å². The first-order valence-electron chi connectivity index (χ1n) is 8.91. The smallest absolute Gasteiger partial charge is 0.243 e. The number of carbonyl (C=O) groups is 1. The maximum absolute atomic E-state index is 13.1. The number of halogens is 1. The van der Waals surface area contributed by atoms with Crippen molar-refractivity contribution in [3.05, 3.63) is 59.4 Å². The lowest BCUT2D eigenvalue weighted by molar-refractivity contribution is -0.120. The van der Waals surface area contributed by atoms with Gasteiger partial charge in [-0.3, -0.25) is 4.79 Å². The van der Waals surface area contributed by atoms with E-state index < -0.39 is 15.9 Å². The zero-order valence-electron chi connectivity index (χ0n) is 15.4. The maximum Gasteiger partial charge on any atom is 0.243 e. The van der Waals surface area contributed by atoms with Crippen LogP contribution in [0.4, 0.5) is 10.1 Å². The number of anilines is 1. The third-order valence-corrected chi connectivity index (χ3v) is 6.84. The molecule has 0 bridgehead atoms. The first-order chi connectivity index (χ1) is 12.8. The predicted octanol–water partition coefficient (Wildman–Crippen LogP) is 3.48. The lowest BCUT2D eigenvalue weighted by Crippen LogP contribution is -2.43. The summed E-state index contributed by atoms with van der Waals surface area (Å²) in [6.45, 7) is 4.17. The van der Waals surface area contributed by atoms with Gasteiger partial charge in [-0.1, -0.05) is 12.1 Å². The number of aryl methyl sites for hydroxylation is 2. The van der Waals surface area contributed by atoms with E-state index in [4.69, 9.17) is 0 Å². The first-order valence-corrected chi connectivity index (χ1v) is 10.4. The van der Waals surface area contributed by atoms with Crippen LogP contribution < -0.4 is 5.32 Å². The van der Waals surface area contributed by atoms with E-state index >= 15 is 0 Å². The summed E-state index contributed by atoms with van der Waals surface area (Å²) in [5.74, 6) is -1.07. The SMILES string of the molecule is Cc1ccc(C)c(S(=O)(=O)N2CCC[C@H](C(=O)Nc3ccc(F)cc3)C2)c1. The lowest BCUT2D eigenvalue weighted by Gasteiger charge is -2.31. The molecule has 1 N–H and O–H groups in total. The standard InChI is InChI=1S/C20H23FN2O3S/c1-14-5-6-15(2)19(12-14)27(25,26)23-11-3-4-16(13-23)20(24)22-18-9-7-17(21)8-10-18/h5-10,12,16H,3-4,11,13H2,1-2H3,(H,22,24)/t16-/m0/s1. The third kappa shape index (κ3) is 4.36. The normalized spacial score (nSPS) is 18.3. The van der Waals surface area contributed by atoms with Crippen LogP contribution >= 0.6 is 0 Å². The Kier molecular flexibility index (Phi) is 5.62. The van der Waals surface area contributed by atoms with E-state index in [1.54, 1.807) is 19.1 Å². The highest BCUT2D eigenvalue weighted by Gasteiger charge is 2.34. The van der Waals surface area contributed by atoms with Crippen LogP contribution in [-0.2, 0) is 14.8 Å². The molecule has 5 nitrogen and oxygen atoms in total. The Hall–Kier alpha value is -2.25. The largest absolute Gasteiger partial charge is 0.326 e. The van der Waals surface area contributed by atoms with Crippen LogP contribution in [0.2, 0.25) is 0 Å². The molecule has 2 aromatic rings. The fourth-order valence-electron chi connectivity index (χ4n) is 3.28. The summed E-state index contributed by atoms with van der Waals surface area (Å²) in [6, 6.07) is 10.9. The van der Waals surface area contributed by atoms with Gasteiger partial charge >= 0.3 is 0 Å². The van der Waals surface area contributed by atoms with Crippen molar-refractivity contribution < 1.29 is 17.6 Å². The van der Waals surface area contributed by atoms with E-state index in [-0.39, 0.29) is 18.3 Å². The van der Waals surface area contributed by atoms with Crippen LogP contribution in [0.1, 0.15) is 24.0 Å². The highest BCUT2D eigenvalue weighted by Crippen LogP contribution is 2.27. The molecule has 144 valence electrons. The zero-order valence-corrected chi connectivity index (χ0v) is 16.2. The van der Waals surface area contributed by atoms with E-state index in [2.05, 4.69) is 5.32 Å². The van der Waals surface area contributed by atoms with Gasteiger partial charge < -0.3 is 5.32 Å². The van der Waals surface area contributed by atoms with Gasteiger partial charge in [0, 0.05) is 18.8 Å². The molecule has 0 saturated carbocycles. The molecule has 1 aliphatic rings. The lowest BCUT2D eigenvalue weighted by atomic mass is 9.99. The van der Waals surface area contributed by atoms with Crippen molar-refractivity contribution in [1.82, 2.24) is 4.31 Å². The van der Waals surface area contributed by atoms with Crippen molar-refractivity contribution in [2.75, 3.05) is 18.4 Å². The molecular weight excluding hydrogens is 367 g/mol. The predicted molar refractivity (Wildman–Crippen MR) is 102 cm³/mol. The fraction of sp³-hybridized carbons (Fsp3) is 0.350. The Bertz CT molecular complexity index is 942. The summed E-state index contributed by atoms with van der Waals surface area (Å²) >= 11 is 0. The molecule has 1 atom stereocenters. The van der Waals surface area contributed by atoms with E-state index in [9.17, 15) is 17.6 Å². The molecular formula is C20H23FN2O3S. The molecule has 2 aromatic carbocycles. The molecule has 1 fully saturated rings. The molecule has 1 heterocycles. The summed E-state index contributed by atoms with van der Waals surface area (Å²) in [6.07, 6.45) is 1.23. The summed E-state index contributed by atoms with van der Waals surface area (Å²) in [7, 11) is -3.66. The molecule has 1 aliphatic heterocycles. The summed E-state index contributed by atoms with van der Waals surface area (Å²) < 4.78 is 40.5. The Labute approximate surface area is 159 Å². The molecule has 0 aliphatic carbocycles. The Morgan fingerprint density at radius 3 is 2.56 bits per heavy atom. The number of piperidine rings is 1. The van der Waals surface area contributed by atoms with Crippen molar-refractivity contribution in [1.29, 1.82) is 0 Å². The molecule has 27 heavy (non-hydrogen) atoms. The van der Waals surface area contributed by atoms with E-state index in [1.165, 1.54) is 28.6 Å². The second-order valence-corrected chi connectivity index (χ2v) is 8.87. The number of amides is 1. The topological polar surface area (TPSA) is 66.5 Å². The van der Waals surface area contributed by atoms with Crippen molar-refractivity contribution >= 4 is 21.6 Å². The van der Waals surface area contributed by atoms with Gasteiger partial charge in [0.1, 0.15) is 5.82 Å². The summed E-state index contributed by atoms with van der Waals surface area (Å²) in [4.78, 5) is 12.8. The molecule has 0 aromatic heterocycles. The average molecular weight is 390 g/mol. The Balaban J connectivity index is 1.76. The minimum absolute atomic E-state index is 0.142. The third-order valence-electron chi connectivity index (χ3n) is 4.83. The number of hydrogen-bond acceptors (Lipinski definition) is 3. The number of sulfonamides is 1. The van der Waals surface area contributed by atoms with Gasteiger partial charge in [0.05, 0.1) is 10.8 Å². The van der Waals surface area contributed by atoms with Gasteiger partial charge in [0.15, 0.2) is 0 Å². The van der Waals surface area contributed by atoms with Crippen LogP contribution in [0.15, 0.2) is 47.4 Å². The van der Waals surface area contributed by atoms with Gasteiger partial charge in [-0.25, -0.2) is 12.8 Å². The van der Waals surface area contributed by atoms with E-state index in [0.29, 0.717) is 35.5 Å².